The van der Waals surface area contributed by atoms with Crippen molar-refractivity contribution in [1.29, 1.82) is 0 Å². The Morgan fingerprint density at radius 3 is 2.60 bits per heavy atom. The Hall–Kier alpha value is -2.02. The first-order valence-electron chi connectivity index (χ1n) is 5.87. The smallest absolute Gasteiger partial charge is 0.358 e. The van der Waals surface area contributed by atoms with E-state index in [1.54, 1.807) is 13.8 Å². The lowest BCUT2D eigenvalue weighted by Crippen LogP contribution is -2.06. The molecule has 0 aliphatic carbocycles. The Morgan fingerprint density at radius 1 is 1.35 bits per heavy atom. The van der Waals surface area contributed by atoms with Crippen LogP contribution in [0.5, 0.6) is 0 Å². The molecule has 1 aromatic carbocycles. The van der Waals surface area contributed by atoms with E-state index in [1.165, 1.54) is 11.3 Å². The highest BCUT2D eigenvalue weighted by atomic mass is 32.1. The zero-order chi connectivity index (χ0) is 14.7. The van der Waals surface area contributed by atoms with Crippen molar-refractivity contribution < 1.29 is 18.3 Å². The van der Waals surface area contributed by atoms with E-state index in [0.29, 0.717) is 10.0 Å². The van der Waals surface area contributed by atoms with E-state index in [0.717, 1.165) is 18.2 Å². The fourth-order valence-corrected chi connectivity index (χ4v) is 2.41. The Morgan fingerprint density at radius 2 is 2.00 bits per heavy atom. The van der Waals surface area contributed by atoms with Crippen LogP contribution in [0.4, 0.5) is 19.6 Å². The molecule has 1 N–H and O–H groups in total. The molecular formula is C13H12F2N2O2S. The Labute approximate surface area is 118 Å². The summed E-state index contributed by atoms with van der Waals surface area (Å²) in [6.07, 6.45) is 0. The van der Waals surface area contributed by atoms with Gasteiger partial charge in [0.15, 0.2) is 10.8 Å². The van der Waals surface area contributed by atoms with E-state index in [1.807, 2.05) is 0 Å². The molecule has 106 valence electrons. The summed E-state index contributed by atoms with van der Waals surface area (Å²) in [5, 5.41) is 3.13. The van der Waals surface area contributed by atoms with Crippen molar-refractivity contribution in [2.24, 2.45) is 0 Å². The normalized spacial score (nSPS) is 10.4. The van der Waals surface area contributed by atoms with Crippen molar-refractivity contribution in [2.45, 2.75) is 13.8 Å². The average molecular weight is 298 g/mol. The second-order valence-corrected chi connectivity index (χ2v) is 5.13. The van der Waals surface area contributed by atoms with Crippen molar-refractivity contribution in [3.8, 4) is 0 Å². The van der Waals surface area contributed by atoms with E-state index in [9.17, 15) is 13.6 Å². The van der Waals surface area contributed by atoms with Crippen molar-refractivity contribution in [1.82, 2.24) is 4.98 Å². The predicted octanol–water partition coefficient (Wildman–Crippen LogP) is 3.65. The minimum atomic E-state index is -0.689. The number of ether oxygens (including phenoxy) is 1. The van der Waals surface area contributed by atoms with Crippen LogP contribution in [0.1, 0.15) is 22.3 Å². The highest BCUT2D eigenvalue weighted by molar-refractivity contribution is 7.15. The Kier molecular flexibility index (Phi) is 4.29. The predicted molar refractivity (Wildman–Crippen MR) is 72.4 cm³/mol. The van der Waals surface area contributed by atoms with Crippen LogP contribution in [0, 0.1) is 18.6 Å². The number of thiazole rings is 1. The van der Waals surface area contributed by atoms with Crippen LogP contribution in [0.2, 0.25) is 0 Å². The zero-order valence-electron chi connectivity index (χ0n) is 10.9. The molecular weight excluding hydrogens is 286 g/mol. The number of aromatic nitrogens is 1. The third-order valence-corrected chi connectivity index (χ3v) is 3.27. The number of benzene rings is 1. The van der Waals surface area contributed by atoms with Crippen molar-refractivity contribution in [3.63, 3.8) is 0 Å². The monoisotopic (exact) mass is 298 g/mol. The second kappa shape index (κ2) is 5.96. The number of rotatable bonds is 4. The number of esters is 1. The molecule has 7 heteroatoms. The van der Waals surface area contributed by atoms with E-state index in [2.05, 4.69) is 10.3 Å². The Bertz CT molecular complexity index is 623. The maximum absolute atomic E-state index is 13.1. The van der Waals surface area contributed by atoms with Crippen LogP contribution in [0.25, 0.3) is 0 Å². The van der Waals surface area contributed by atoms with E-state index in [-0.39, 0.29) is 18.0 Å². The van der Waals surface area contributed by atoms with Gasteiger partial charge in [-0.25, -0.2) is 18.6 Å². The lowest BCUT2D eigenvalue weighted by atomic mass is 10.3. The van der Waals surface area contributed by atoms with Crippen molar-refractivity contribution in [3.05, 3.63) is 40.4 Å². The number of carbonyl (C=O) groups is 1. The molecule has 20 heavy (non-hydrogen) atoms. The highest BCUT2D eigenvalue weighted by Gasteiger charge is 2.16. The summed E-state index contributed by atoms with van der Waals surface area (Å²) in [4.78, 5) is 16.4. The molecule has 0 aliphatic rings. The minimum Gasteiger partial charge on any atom is -0.461 e. The van der Waals surface area contributed by atoms with Gasteiger partial charge in [0.05, 0.1) is 6.61 Å². The largest absolute Gasteiger partial charge is 0.461 e. The van der Waals surface area contributed by atoms with Gasteiger partial charge in [0.25, 0.3) is 0 Å². The summed E-state index contributed by atoms with van der Waals surface area (Å²) < 4.78 is 31.0. The van der Waals surface area contributed by atoms with Gasteiger partial charge in [-0.05, 0) is 26.0 Å². The first-order chi connectivity index (χ1) is 9.49. The number of hydrogen-bond donors (Lipinski definition) is 1. The molecule has 0 bridgehead atoms. The van der Waals surface area contributed by atoms with Gasteiger partial charge in [-0.15, -0.1) is 11.3 Å². The number of carbonyl (C=O) groups excluding carboxylic acids is 1. The van der Waals surface area contributed by atoms with Gasteiger partial charge in [-0.1, -0.05) is 0 Å². The summed E-state index contributed by atoms with van der Waals surface area (Å²) in [7, 11) is 0. The molecule has 1 aromatic heterocycles. The molecule has 0 saturated heterocycles. The lowest BCUT2D eigenvalue weighted by Gasteiger charge is -2.02. The molecule has 0 spiro atoms. The number of nitrogens with zero attached hydrogens (tertiary/aromatic N) is 1. The summed E-state index contributed by atoms with van der Waals surface area (Å²) in [6, 6.07) is 3.07. The first kappa shape index (κ1) is 14.4. The molecule has 0 amide bonds. The third kappa shape index (κ3) is 3.30. The van der Waals surface area contributed by atoms with Crippen LogP contribution in [-0.2, 0) is 4.74 Å². The van der Waals surface area contributed by atoms with Gasteiger partial charge in [0.1, 0.15) is 11.6 Å². The zero-order valence-corrected chi connectivity index (χ0v) is 11.7. The Balaban J connectivity index is 2.22. The van der Waals surface area contributed by atoms with Crippen molar-refractivity contribution in [2.75, 3.05) is 11.9 Å². The van der Waals surface area contributed by atoms with Crippen molar-refractivity contribution >= 4 is 28.1 Å². The topological polar surface area (TPSA) is 51.2 Å². The summed E-state index contributed by atoms with van der Waals surface area (Å²) >= 11 is 1.21. The molecule has 4 nitrogen and oxygen atoms in total. The number of halogens is 2. The summed E-state index contributed by atoms with van der Waals surface area (Å²) in [6.45, 7) is 3.68. The number of nitrogens with one attached hydrogen (secondary N) is 1. The van der Waals surface area contributed by atoms with E-state index in [4.69, 9.17) is 4.74 Å². The fourth-order valence-electron chi connectivity index (χ4n) is 1.59. The minimum absolute atomic E-state index is 0.205. The first-order valence-corrected chi connectivity index (χ1v) is 6.69. The van der Waals surface area contributed by atoms with Gasteiger partial charge in [-0.2, -0.15) is 0 Å². The fraction of sp³-hybridized carbons (Fsp3) is 0.231. The molecule has 0 atom stereocenters. The maximum atomic E-state index is 13.1. The second-order valence-electron chi connectivity index (χ2n) is 3.93. The molecule has 2 aromatic rings. The van der Waals surface area contributed by atoms with Crippen LogP contribution in [0.15, 0.2) is 18.2 Å². The van der Waals surface area contributed by atoms with Gasteiger partial charge >= 0.3 is 5.97 Å². The van der Waals surface area contributed by atoms with Crippen LogP contribution >= 0.6 is 11.3 Å². The molecule has 1 heterocycles. The lowest BCUT2D eigenvalue weighted by molar-refractivity contribution is 0.0519. The molecule has 0 aliphatic heterocycles. The average Bonchev–Trinajstić information content (AvgIpc) is 2.69. The number of hydrogen-bond acceptors (Lipinski definition) is 5. The van der Waals surface area contributed by atoms with Gasteiger partial charge in [0, 0.05) is 16.6 Å². The van der Waals surface area contributed by atoms with Crippen LogP contribution in [0.3, 0.4) is 0 Å². The summed E-state index contributed by atoms with van der Waals surface area (Å²) in [5.41, 5.74) is 0.433. The molecule has 0 saturated carbocycles. The van der Waals surface area contributed by atoms with Gasteiger partial charge < -0.3 is 10.1 Å². The number of anilines is 2. The van der Waals surface area contributed by atoms with Gasteiger partial charge in [-0.3, -0.25) is 0 Å². The standard InChI is InChI=1S/C13H12F2N2O2S/c1-3-19-12(18)11-7(2)20-13(17-11)16-10-5-8(14)4-9(15)6-10/h4-6H,3H2,1-2H3,(H,16,17). The SMILES string of the molecule is CCOC(=O)c1nc(Nc2cc(F)cc(F)c2)sc1C. The third-order valence-electron chi connectivity index (χ3n) is 2.38. The molecule has 0 fully saturated rings. The van der Waals surface area contributed by atoms with E-state index >= 15 is 0 Å². The van der Waals surface area contributed by atoms with Gasteiger partial charge in [0.2, 0.25) is 0 Å². The maximum Gasteiger partial charge on any atom is 0.358 e. The molecule has 2 rings (SSSR count). The molecule has 0 radical (unpaired) electrons. The van der Waals surface area contributed by atoms with Crippen LogP contribution in [-0.4, -0.2) is 17.6 Å². The van der Waals surface area contributed by atoms with Crippen LogP contribution < -0.4 is 5.32 Å². The highest BCUT2D eigenvalue weighted by Crippen LogP contribution is 2.26. The molecule has 0 unspecified atom stereocenters. The van der Waals surface area contributed by atoms with E-state index < -0.39 is 17.6 Å². The number of aryl methyl sites for hydroxylation is 1. The summed E-state index contributed by atoms with van der Waals surface area (Å²) in [5.74, 6) is -1.89. The quantitative estimate of drug-likeness (QED) is 0.875.